The number of piperazine rings is 5. The zero-order valence-corrected chi connectivity index (χ0v) is 70.0. The zero-order valence-electron chi connectivity index (χ0n) is 70.0. The van der Waals surface area contributed by atoms with Crippen molar-refractivity contribution in [1.29, 1.82) is 0 Å². The number of aryl methyl sites for hydroxylation is 1. The number of para-hydroxylation sites is 7. The van der Waals surface area contributed by atoms with Crippen molar-refractivity contribution in [3.05, 3.63) is 144 Å². The maximum absolute atomic E-state index is 12.6. The summed E-state index contributed by atoms with van der Waals surface area (Å²) < 4.78 is 46.7. The summed E-state index contributed by atoms with van der Waals surface area (Å²) >= 11 is 0. The van der Waals surface area contributed by atoms with E-state index in [-0.39, 0.29) is 17.6 Å². The topological polar surface area (TPSA) is 138 Å². The fraction of sp³-hybridized carbons (Fsp3) is 0.632. The number of methoxy groups -OCH3 is 1. The molecule has 5 aromatic carbocycles. The van der Waals surface area contributed by atoms with E-state index in [9.17, 15) is 27.6 Å². The number of fused-ring (bicyclic) bond motifs is 9. The minimum absolute atomic E-state index is 0.00166. The number of benzene rings is 5. The van der Waals surface area contributed by atoms with Crippen LogP contribution < -0.4 is 45.2 Å². The Morgan fingerprint density at radius 2 is 0.871 bits per heavy atom. The van der Waals surface area contributed by atoms with Crippen LogP contribution in [-0.2, 0) is 9.53 Å². The molecule has 116 heavy (non-hydrogen) atoms. The third kappa shape index (κ3) is 19.3. The molecule has 5 aliphatic heterocycles. The number of rotatable bonds is 15. The van der Waals surface area contributed by atoms with Gasteiger partial charge in [-0.25, -0.2) is 4.79 Å². The molecule has 18 nitrogen and oxygen atoms in total. The quantitative estimate of drug-likeness (QED) is 0.0857. The predicted molar refractivity (Wildman–Crippen MR) is 462 cm³/mol. The number of anilines is 7. The average molecular weight is 1590 g/mol. The second-order valence-corrected chi connectivity index (χ2v) is 37.0. The molecule has 15 atom stereocenters. The van der Waals surface area contributed by atoms with Gasteiger partial charge in [-0.1, -0.05) is 92.1 Å². The first kappa shape index (κ1) is 82.2. The molecule has 21 heteroatoms. The summed E-state index contributed by atoms with van der Waals surface area (Å²) in [5, 5.41) is 8.54. The number of ether oxygens (including phenoxy) is 2. The summed E-state index contributed by atoms with van der Waals surface area (Å²) in [4.78, 5) is 60.3. The molecule has 628 valence electrons. The molecule has 20 rings (SSSR count). The van der Waals surface area contributed by atoms with Gasteiger partial charge >= 0.3 is 12.5 Å². The van der Waals surface area contributed by atoms with Gasteiger partial charge in [0.2, 0.25) is 5.91 Å². The minimum atomic E-state index is -4.65. The van der Waals surface area contributed by atoms with Crippen molar-refractivity contribution in [3.63, 3.8) is 0 Å². The van der Waals surface area contributed by atoms with Crippen molar-refractivity contribution in [2.45, 2.75) is 167 Å². The molecular weight excluding hydrogens is 1460 g/mol. The predicted octanol–water partition coefficient (Wildman–Crippen LogP) is 16.0. The zero-order chi connectivity index (χ0) is 80.0. The summed E-state index contributed by atoms with van der Waals surface area (Å²) in [6, 6.07) is 40.6. The highest BCUT2D eigenvalue weighted by Crippen LogP contribution is 2.52. The van der Waals surface area contributed by atoms with E-state index in [0.29, 0.717) is 11.7 Å². The number of carbonyl (C=O) groups is 3. The molecule has 15 aliphatic rings. The van der Waals surface area contributed by atoms with Gasteiger partial charge in [0.05, 0.1) is 41.1 Å². The molecule has 3 amide bonds. The van der Waals surface area contributed by atoms with Crippen LogP contribution in [0.2, 0.25) is 0 Å². The van der Waals surface area contributed by atoms with E-state index in [4.69, 9.17) is 4.74 Å². The minimum Gasteiger partial charge on any atom is -0.453 e. The van der Waals surface area contributed by atoms with E-state index in [1.165, 1.54) is 178 Å². The highest BCUT2D eigenvalue weighted by Gasteiger charge is 2.48. The monoisotopic (exact) mass is 1590 g/mol. The molecule has 5 heterocycles. The van der Waals surface area contributed by atoms with E-state index >= 15 is 0 Å². The van der Waals surface area contributed by atoms with Gasteiger partial charge in [0, 0.05) is 187 Å². The lowest BCUT2D eigenvalue weighted by Crippen LogP contribution is -2.52. The Labute approximate surface area is 689 Å². The normalized spacial score (nSPS) is 30.6. The first-order chi connectivity index (χ1) is 56.4. The Balaban J connectivity index is 0.000000109. The van der Waals surface area contributed by atoms with Gasteiger partial charge in [0.1, 0.15) is 0 Å². The number of alkyl halides is 3. The molecule has 8 bridgehead atoms. The number of carbonyl (C=O) groups excluding carboxylic acids is 3. The van der Waals surface area contributed by atoms with Crippen LogP contribution in [0.4, 0.5) is 57.8 Å². The molecule has 5 aromatic rings. The number of nitrogens with zero attached hydrogens (tertiary/aromatic N) is 10. The molecule has 10 aliphatic carbocycles. The number of halogens is 3. The van der Waals surface area contributed by atoms with Crippen LogP contribution in [0.5, 0.6) is 5.75 Å². The SMILES string of the molecule is CC(=O)Nc1ccccc1N1CCN(C2CCC3CCC32)CC1.CNC(=O)c1ccccc1N1CCN(CC2CC3C=CC2C3)CC1.COC(=O)Nc1ccccc1N1CCN(C2CC3CCC2C3)CC1.Cc1cccc(N2CCN(C3CC4CCC3C4)CC2)c1C.FC(F)(F)Oc1ccccc1N1CCN(C2CC3CCC2C3)CC1. The van der Waals surface area contributed by atoms with Crippen LogP contribution in [0.15, 0.2) is 127 Å². The number of hydrogen-bond donors (Lipinski definition) is 3. The van der Waals surface area contributed by atoms with Crippen molar-refractivity contribution in [3.8, 4) is 5.75 Å². The average Bonchev–Trinajstić information content (AvgIpc) is 1.69. The smallest absolute Gasteiger partial charge is 0.453 e. The lowest BCUT2D eigenvalue weighted by Gasteiger charge is -2.44. The number of hydrogen-bond acceptors (Lipinski definition) is 15. The van der Waals surface area contributed by atoms with Gasteiger partial charge < -0.3 is 44.6 Å². The van der Waals surface area contributed by atoms with Crippen molar-refractivity contribution < 1.29 is 37.0 Å². The largest absolute Gasteiger partial charge is 0.573 e. The third-order valence-electron chi connectivity index (χ3n) is 30.6. The Morgan fingerprint density at radius 1 is 0.431 bits per heavy atom. The molecule has 14 fully saturated rings. The van der Waals surface area contributed by atoms with Crippen LogP contribution in [0, 0.1) is 78.9 Å². The van der Waals surface area contributed by atoms with Gasteiger partial charge in [-0.05, 0) is 241 Å². The van der Waals surface area contributed by atoms with Crippen molar-refractivity contribution in [2.75, 3.05) is 187 Å². The van der Waals surface area contributed by atoms with Gasteiger partial charge in [0.15, 0.2) is 5.75 Å². The van der Waals surface area contributed by atoms with E-state index < -0.39 is 12.5 Å². The van der Waals surface area contributed by atoms with Gasteiger partial charge in [0.25, 0.3) is 5.91 Å². The molecule has 15 unspecified atom stereocenters. The molecule has 0 aromatic heterocycles. The molecule has 5 saturated heterocycles. The van der Waals surface area contributed by atoms with Gasteiger partial charge in [-0.2, -0.15) is 0 Å². The fourth-order valence-electron chi connectivity index (χ4n) is 24.4. The number of allylic oxidation sites excluding steroid dienone is 2. The van der Waals surface area contributed by atoms with Crippen molar-refractivity contribution >= 4 is 57.7 Å². The first-order valence-corrected chi connectivity index (χ1v) is 45.1. The number of nitrogens with one attached hydrogen (secondary N) is 3. The highest BCUT2D eigenvalue weighted by atomic mass is 19.4. The molecular formula is C95H132F3N13O5. The van der Waals surface area contributed by atoms with Crippen LogP contribution in [0.25, 0.3) is 0 Å². The van der Waals surface area contributed by atoms with E-state index in [0.717, 1.165) is 222 Å². The molecule has 3 N–H and O–H groups in total. The lowest BCUT2D eigenvalue weighted by molar-refractivity contribution is -0.274. The van der Waals surface area contributed by atoms with Crippen LogP contribution in [0.3, 0.4) is 0 Å². The maximum atomic E-state index is 12.6. The molecule has 0 radical (unpaired) electrons. The van der Waals surface area contributed by atoms with Crippen molar-refractivity contribution in [1.82, 2.24) is 29.8 Å². The fourth-order valence-corrected chi connectivity index (χ4v) is 24.4. The van der Waals surface area contributed by atoms with E-state index in [1.54, 1.807) is 32.2 Å². The summed E-state index contributed by atoms with van der Waals surface area (Å²) in [5.41, 5.74) is 10.8. The summed E-state index contributed by atoms with van der Waals surface area (Å²) in [7, 11) is 3.09. The van der Waals surface area contributed by atoms with Crippen LogP contribution >= 0.6 is 0 Å². The number of amides is 3. The van der Waals surface area contributed by atoms with Gasteiger partial charge in [-0.3, -0.25) is 39.4 Å². The standard InChI is InChI=1S/C20H27N3O.C19H27N3O2.C19H27N3O.C19H28N2.C18H23F3N2O/c1-21-20(24)18-4-2-3-5-19(18)23-10-8-22(9-11-23)14-17-13-15-6-7-16(17)12-15;1-24-19(23)20-16-4-2-3-5-17(16)21-8-10-22(11-9-21)18-13-14-6-7-15(18)12-14;1-14(23)20-17-4-2-3-5-19(17)22-12-10-21(11-13-22)18-9-7-15-6-8-16(15)18;1-14-4-3-5-18(15(14)2)20-8-10-21(11-9-20)19-13-16-6-7-17(19)12-16;19-18(20,21)24-17-4-2-1-3-15(17)22-7-9-23(10-8-22)16-12-13-5-6-14(16)11-13/h2-7,15-17H,8-14H2,1H3,(H,21,24);2-5,14-15,18H,6-13H2,1H3,(H,20,23);2-5,15-16,18H,6-13H2,1H3,(H,20,23);3-5,16-17,19H,6-13H2,1-2H3;1-4,13-14,16H,5-12H2. The Kier molecular flexibility index (Phi) is 26.5. The maximum Gasteiger partial charge on any atom is 0.573 e. The second kappa shape index (κ2) is 37.4. The molecule has 9 saturated carbocycles. The summed E-state index contributed by atoms with van der Waals surface area (Å²) in [6.45, 7) is 28.5. The highest BCUT2D eigenvalue weighted by molar-refractivity contribution is 5.99. The third-order valence-corrected chi connectivity index (χ3v) is 30.6. The summed E-state index contributed by atoms with van der Waals surface area (Å²) in [5.74, 6) is 10.3. The Bertz CT molecular complexity index is 4130. The Hall–Kier alpha value is -7.56. The van der Waals surface area contributed by atoms with Crippen LogP contribution in [0.1, 0.15) is 144 Å². The first-order valence-electron chi connectivity index (χ1n) is 45.1. The van der Waals surface area contributed by atoms with Crippen molar-refractivity contribution in [2.24, 2.45) is 65.1 Å². The van der Waals surface area contributed by atoms with E-state index in [1.807, 2.05) is 53.4 Å². The Morgan fingerprint density at radius 3 is 1.32 bits per heavy atom. The molecule has 0 spiro atoms. The van der Waals surface area contributed by atoms with E-state index in [2.05, 4.69) is 133 Å². The lowest BCUT2D eigenvalue weighted by atomic mass is 9.74. The van der Waals surface area contributed by atoms with Gasteiger partial charge in [-0.15, -0.1) is 13.2 Å². The summed E-state index contributed by atoms with van der Waals surface area (Å²) in [6.07, 6.45) is 25.7. The second-order valence-electron chi connectivity index (χ2n) is 37.0. The van der Waals surface area contributed by atoms with Crippen LogP contribution in [-0.4, -0.2) is 225 Å².